The zero-order valence-electron chi connectivity index (χ0n) is 21.0. The van der Waals surface area contributed by atoms with E-state index in [2.05, 4.69) is 25.7 Å². The quantitative estimate of drug-likeness (QED) is 0.477. The molecular weight excluding hydrogens is 438 g/mol. The Morgan fingerprint density at radius 2 is 1.69 bits per heavy atom. The molecule has 2 atom stereocenters. The molecule has 3 aromatic carbocycles. The molecule has 0 bridgehead atoms. The Bertz CT molecular complexity index is 1080. The number of phenols is 2. The largest absolute Gasteiger partial charge is 0.508 e. The molecule has 35 heavy (non-hydrogen) atoms. The summed E-state index contributed by atoms with van der Waals surface area (Å²) in [6.45, 7) is 11.6. The molecule has 2 aliphatic rings. The van der Waals surface area contributed by atoms with Gasteiger partial charge in [0.2, 0.25) is 0 Å². The van der Waals surface area contributed by atoms with E-state index in [4.69, 9.17) is 9.47 Å². The van der Waals surface area contributed by atoms with Crippen LogP contribution in [-0.4, -0.2) is 48.0 Å². The summed E-state index contributed by atoms with van der Waals surface area (Å²) in [5, 5.41) is 19.1. The van der Waals surface area contributed by atoms with Gasteiger partial charge in [0.1, 0.15) is 29.6 Å². The molecule has 2 aliphatic heterocycles. The number of likely N-dealkylation sites (tertiary alicyclic amines) is 1. The minimum absolute atomic E-state index is 0.150. The van der Waals surface area contributed by atoms with Crippen LogP contribution in [0.3, 0.4) is 0 Å². The van der Waals surface area contributed by atoms with Crippen LogP contribution >= 0.6 is 0 Å². The van der Waals surface area contributed by atoms with Gasteiger partial charge in [0.05, 0.1) is 6.61 Å². The molecule has 0 radical (unpaired) electrons. The van der Waals surface area contributed by atoms with E-state index in [1.54, 1.807) is 24.3 Å². The summed E-state index contributed by atoms with van der Waals surface area (Å²) in [7, 11) is 0. The van der Waals surface area contributed by atoms with Gasteiger partial charge in [0.25, 0.3) is 0 Å². The number of ether oxygens (including phenoxy) is 2. The first-order valence-electron chi connectivity index (χ1n) is 12.5. The van der Waals surface area contributed by atoms with Crippen LogP contribution in [0, 0.1) is 5.92 Å². The SMILES string of the molecule is CC1(C)c2cc(O)ccc2OC[C@H]1c1ccc(O)cc1.C[C@@H]1CCN(CCOc2ccccc2)C1. The number of aromatic hydroxyl groups is 2. The highest BCUT2D eigenvalue weighted by atomic mass is 16.5. The maximum absolute atomic E-state index is 9.73. The summed E-state index contributed by atoms with van der Waals surface area (Å²) in [4.78, 5) is 2.48. The fraction of sp³-hybridized carbons (Fsp3) is 0.400. The Hall–Kier alpha value is -3.18. The summed E-state index contributed by atoms with van der Waals surface area (Å²) in [5.41, 5.74) is 1.99. The van der Waals surface area contributed by atoms with Crippen molar-refractivity contribution in [1.82, 2.24) is 4.90 Å². The van der Waals surface area contributed by atoms with Crippen molar-refractivity contribution < 1.29 is 19.7 Å². The van der Waals surface area contributed by atoms with Crippen molar-refractivity contribution in [3.05, 3.63) is 83.9 Å². The molecule has 0 aromatic heterocycles. The van der Waals surface area contributed by atoms with Gasteiger partial charge in [-0.1, -0.05) is 51.1 Å². The third kappa shape index (κ3) is 6.29. The van der Waals surface area contributed by atoms with Gasteiger partial charge in [-0.25, -0.2) is 0 Å². The van der Waals surface area contributed by atoms with Crippen molar-refractivity contribution in [3.63, 3.8) is 0 Å². The first-order valence-corrected chi connectivity index (χ1v) is 12.5. The van der Waals surface area contributed by atoms with Crippen LogP contribution in [0.15, 0.2) is 72.8 Å². The molecule has 2 heterocycles. The van der Waals surface area contributed by atoms with Crippen molar-refractivity contribution in [2.45, 2.75) is 38.5 Å². The van der Waals surface area contributed by atoms with Crippen LogP contribution in [0.2, 0.25) is 0 Å². The lowest BCUT2D eigenvalue weighted by Crippen LogP contribution is -2.35. The molecule has 0 unspecified atom stereocenters. The lowest BCUT2D eigenvalue weighted by atomic mass is 9.69. The minimum Gasteiger partial charge on any atom is -0.508 e. The monoisotopic (exact) mass is 475 g/mol. The van der Waals surface area contributed by atoms with E-state index in [0.29, 0.717) is 6.61 Å². The minimum atomic E-state index is -0.150. The highest BCUT2D eigenvalue weighted by Crippen LogP contribution is 2.47. The van der Waals surface area contributed by atoms with Crippen molar-refractivity contribution in [2.75, 3.05) is 32.8 Å². The van der Waals surface area contributed by atoms with E-state index in [1.807, 2.05) is 48.5 Å². The first kappa shape index (κ1) is 24.9. The Morgan fingerprint density at radius 1 is 0.971 bits per heavy atom. The smallest absolute Gasteiger partial charge is 0.123 e. The number of hydrogen-bond acceptors (Lipinski definition) is 5. The van der Waals surface area contributed by atoms with Crippen LogP contribution in [-0.2, 0) is 5.41 Å². The van der Waals surface area contributed by atoms with Gasteiger partial charge in [-0.2, -0.15) is 0 Å². The van der Waals surface area contributed by atoms with Crippen molar-refractivity contribution >= 4 is 0 Å². The zero-order chi connectivity index (χ0) is 24.8. The summed E-state index contributed by atoms with van der Waals surface area (Å²) < 4.78 is 11.5. The summed E-state index contributed by atoms with van der Waals surface area (Å²) in [6.07, 6.45) is 1.34. The molecule has 5 nitrogen and oxygen atoms in total. The van der Waals surface area contributed by atoms with Gasteiger partial charge in [-0.05, 0) is 66.9 Å². The molecular formula is C30H37NO4. The standard InChI is InChI=1S/C17H18O3.C13H19NO/c1-17(2)14-9-13(19)7-8-16(14)20-10-15(17)11-3-5-12(18)6-4-11;1-12-7-8-14(11-12)9-10-15-13-5-3-2-4-6-13/h3-9,15,18-19H,10H2,1-2H3;2-6,12H,7-11H2,1H3/t15-;12-/m01/s1. The van der Waals surface area contributed by atoms with Crippen LogP contribution in [0.1, 0.15) is 44.2 Å². The number of benzene rings is 3. The number of para-hydroxylation sites is 1. The third-order valence-electron chi connectivity index (χ3n) is 7.16. The number of rotatable bonds is 5. The van der Waals surface area contributed by atoms with E-state index >= 15 is 0 Å². The molecule has 0 aliphatic carbocycles. The Labute approximate surface area is 208 Å². The van der Waals surface area contributed by atoms with Crippen LogP contribution in [0.25, 0.3) is 0 Å². The van der Waals surface area contributed by atoms with E-state index in [0.717, 1.165) is 41.7 Å². The molecule has 186 valence electrons. The number of hydrogen-bond donors (Lipinski definition) is 2. The second-order valence-electron chi connectivity index (χ2n) is 10.2. The highest BCUT2D eigenvalue weighted by molar-refractivity contribution is 5.48. The molecule has 3 aromatic rings. The molecule has 0 saturated carbocycles. The second-order valence-corrected chi connectivity index (χ2v) is 10.2. The van der Waals surface area contributed by atoms with E-state index in [1.165, 1.54) is 19.5 Å². The van der Waals surface area contributed by atoms with Crippen molar-refractivity contribution in [3.8, 4) is 23.0 Å². The molecule has 1 saturated heterocycles. The average Bonchev–Trinajstić information content (AvgIpc) is 3.26. The van der Waals surface area contributed by atoms with Crippen LogP contribution in [0.4, 0.5) is 0 Å². The summed E-state index contributed by atoms with van der Waals surface area (Å²) >= 11 is 0. The van der Waals surface area contributed by atoms with Crippen molar-refractivity contribution in [1.29, 1.82) is 0 Å². The molecule has 5 heteroatoms. The van der Waals surface area contributed by atoms with Gasteiger partial charge in [-0.3, -0.25) is 4.90 Å². The lowest BCUT2D eigenvalue weighted by molar-refractivity contribution is 0.199. The maximum Gasteiger partial charge on any atom is 0.123 e. The molecule has 2 N–H and O–H groups in total. The normalized spacial score (nSPS) is 20.8. The second kappa shape index (κ2) is 11.0. The topological polar surface area (TPSA) is 62.2 Å². The molecule has 0 amide bonds. The highest BCUT2D eigenvalue weighted by Gasteiger charge is 2.39. The predicted octanol–water partition coefficient (Wildman–Crippen LogP) is 5.96. The Balaban J connectivity index is 0.000000172. The van der Waals surface area contributed by atoms with Gasteiger partial charge in [-0.15, -0.1) is 0 Å². The fourth-order valence-corrected chi connectivity index (χ4v) is 4.97. The number of fused-ring (bicyclic) bond motifs is 1. The Kier molecular flexibility index (Phi) is 7.86. The first-order chi connectivity index (χ1) is 16.8. The Morgan fingerprint density at radius 3 is 2.37 bits per heavy atom. The number of nitrogens with zero attached hydrogens (tertiary/aromatic N) is 1. The molecule has 5 rings (SSSR count). The van der Waals surface area contributed by atoms with Crippen LogP contribution in [0.5, 0.6) is 23.0 Å². The third-order valence-corrected chi connectivity index (χ3v) is 7.16. The lowest BCUT2D eigenvalue weighted by Gasteiger charge is -2.40. The summed E-state index contributed by atoms with van der Waals surface area (Å²) in [5.74, 6) is 3.37. The predicted molar refractivity (Wildman–Crippen MR) is 140 cm³/mol. The van der Waals surface area contributed by atoms with E-state index in [9.17, 15) is 10.2 Å². The van der Waals surface area contributed by atoms with Crippen molar-refractivity contribution in [2.24, 2.45) is 5.92 Å². The molecule has 1 fully saturated rings. The van der Waals surface area contributed by atoms with Crippen LogP contribution < -0.4 is 9.47 Å². The maximum atomic E-state index is 9.73. The van der Waals surface area contributed by atoms with Gasteiger partial charge in [0, 0.05) is 30.0 Å². The van der Waals surface area contributed by atoms with Gasteiger partial charge >= 0.3 is 0 Å². The van der Waals surface area contributed by atoms with E-state index in [-0.39, 0.29) is 22.8 Å². The van der Waals surface area contributed by atoms with Gasteiger partial charge in [0.15, 0.2) is 0 Å². The molecule has 0 spiro atoms. The van der Waals surface area contributed by atoms with Gasteiger partial charge < -0.3 is 19.7 Å². The summed E-state index contributed by atoms with van der Waals surface area (Å²) in [6, 6.07) is 22.5. The average molecular weight is 476 g/mol. The fourth-order valence-electron chi connectivity index (χ4n) is 4.97. The van der Waals surface area contributed by atoms with E-state index < -0.39 is 0 Å². The zero-order valence-corrected chi connectivity index (χ0v) is 21.0. The number of phenolic OH excluding ortho intramolecular Hbond substituents is 2.